The van der Waals surface area contributed by atoms with Crippen molar-refractivity contribution in [2.24, 2.45) is 5.10 Å². The number of aryl methyl sites for hydroxylation is 1. The minimum atomic E-state index is -0.413. The zero-order valence-electron chi connectivity index (χ0n) is 17.4. The highest BCUT2D eigenvalue weighted by Crippen LogP contribution is 2.16. The SMILES string of the molecule is Cc1cccc(C(=O)Oc2ccc(/C=N/NC(=O)c3ccccc3-n3cccc3)cc2)c1. The van der Waals surface area contributed by atoms with Gasteiger partial charge in [-0.05, 0) is 73.2 Å². The van der Waals surface area contributed by atoms with Gasteiger partial charge in [0.15, 0.2) is 0 Å². The third kappa shape index (κ3) is 4.99. The Labute approximate surface area is 185 Å². The molecule has 0 aliphatic rings. The maximum atomic E-state index is 12.6. The maximum absolute atomic E-state index is 12.6. The van der Waals surface area contributed by atoms with Crippen molar-refractivity contribution in [3.8, 4) is 11.4 Å². The number of para-hydroxylation sites is 1. The highest BCUT2D eigenvalue weighted by molar-refractivity contribution is 5.98. The first-order valence-corrected chi connectivity index (χ1v) is 10.0. The molecule has 1 N–H and O–H groups in total. The summed E-state index contributed by atoms with van der Waals surface area (Å²) >= 11 is 0. The lowest BCUT2D eigenvalue weighted by molar-refractivity contribution is 0.0734. The molecule has 32 heavy (non-hydrogen) atoms. The van der Waals surface area contributed by atoms with Crippen molar-refractivity contribution in [2.45, 2.75) is 6.92 Å². The summed E-state index contributed by atoms with van der Waals surface area (Å²) in [5.74, 6) is -0.295. The number of nitrogens with zero attached hydrogens (tertiary/aromatic N) is 2. The Morgan fingerprint density at radius 3 is 2.41 bits per heavy atom. The summed E-state index contributed by atoms with van der Waals surface area (Å²) in [7, 11) is 0. The van der Waals surface area contributed by atoms with E-state index in [-0.39, 0.29) is 5.91 Å². The second-order valence-corrected chi connectivity index (χ2v) is 7.13. The zero-order valence-corrected chi connectivity index (χ0v) is 17.4. The maximum Gasteiger partial charge on any atom is 0.343 e. The van der Waals surface area contributed by atoms with Crippen LogP contribution in [-0.4, -0.2) is 22.7 Å². The van der Waals surface area contributed by atoms with Crippen molar-refractivity contribution >= 4 is 18.1 Å². The summed E-state index contributed by atoms with van der Waals surface area (Å²) in [4.78, 5) is 24.8. The van der Waals surface area contributed by atoms with Gasteiger partial charge in [-0.15, -0.1) is 0 Å². The van der Waals surface area contributed by atoms with Gasteiger partial charge in [0, 0.05) is 12.4 Å². The van der Waals surface area contributed by atoms with E-state index in [2.05, 4.69) is 10.5 Å². The van der Waals surface area contributed by atoms with E-state index in [0.29, 0.717) is 16.9 Å². The van der Waals surface area contributed by atoms with Gasteiger partial charge in [0.1, 0.15) is 5.75 Å². The number of hydrogen-bond donors (Lipinski definition) is 1. The number of benzene rings is 3. The number of hydrogen-bond acceptors (Lipinski definition) is 4. The van der Waals surface area contributed by atoms with Gasteiger partial charge in [0.25, 0.3) is 5.91 Å². The van der Waals surface area contributed by atoms with Gasteiger partial charge in [-0.3, -0.25) is 4.79 Å². The Hall–Kier alpha value is -4.45. The number of rotatable bonds is 6. The van der Waals surface area contributed by atoms with Crippen LogP contribution in [0.5, 0.6) is 5.75 Å². The molecule has 0 bridgehead atoms. The van der Waals surface area contributed by atoms with Crippen LogP contribution in [0.15, 0.2) is 102 Å². The lowest BCUT2D eigenvalue weighted by atomic mass is 10.1. The van der Waals surface area contributed by atoms with Crippen molar-refractivity contribution in [1.82, 2.24) is 9.99 Å². The number of carbonyl (C=O) groups is 2. The molecule has 0 radical (unpaired) electrons. The summed E-state index contributed by atoms with van der Waals surface area (Å²) in [6, 6.07) is 25.2. The Bertz CT molecular complexity index is 1260. The van der Waals surface area contributed by atoms with Crippen molar-refractivity contribution < 1.29 is 14.3 Å². The highest BCUT2D eigenvalue weighted by Gasteiger charge is 2.11. The average molecular weight is 423 g/mol. The molecule has 0 saturated heterocycles. The van der Waals surface area contributed by atoms with Gasteiger partial charge in [0.2, 0.25) is 0 Å². The van der Waals surface area contributed by atoms with Crippen LogP contribution >= 0.6 is 0 Å². The molecule has 0 saturated carbocycles. The molecule has 0 unspecified atom stereocenters. The fraction of sp³-hybridized carbons (Fsp3) is 0.0385. The Kier molecular flexibility index (Phi) is 6.22. The van der Waals surface area contributed by atoms with Crippen LogP contribution in [0.1, 0.15) is 31.8 Å². The van der Waals surface area contributed by atoms with E-state index in [0.717, 1.165) is 16.8 Å². The Balaban J connectivity index is 1.38. The lowest BCUT2D eigenvalue weighted by Gasteiger charge is -2.09. The molecule has 1 aromatic heterocycles. The number of ether oxygens (including phenoxy) is 1. The number of aromatic nitrogens is 1. The third-order valence-corrected chi connectivity index (χ3v) is 4.76. The third-order valence-electron chi connectivity index (χ3n) is 4.76. The monoisotopic (exact) mass is 423 g/mol. The summed E-state index contributed by atoms with van der Waals surface area (Å²) in [6.07, 6.45) is 5.29. The average Bonchev–Trinajstić information content (AvgIpc) is 3.35. The van der Waals surface area contributed by atoms with Gasteiger partial charge in [-0.1, -0.05) is 29.8 Å². The van der Waals surface area contributed by atoms with Gasteiger partial charge >= 0.3 is 5.97 Å². The van der Waals surface area contributed by atoms with Gasteiger partial charge in [0.05, 0.1) is 23.0 Å². The molecule has 4 aromatic rings. The predicted octanol–water partition coefficient (Wildman–Crippen LogP) is 4.77. The molecule has 6 nitrogen and oxygen atoms in total. The van der Waals surface area contributed by atoms with E-state index >= 15 is 0 Å². The lowest BCUT2D eigenvalue weighted by Crippen LogP contribution is -2.19. The number of hydrazone groups is 1. The first kappa shape index (κ1) is 20.8. The van der Waals surface area contributed by atoms with Crippen LogP contribution in [0, 0.1) is 6.92 Å². The molecule has 158 valence electrons. The first-order chi connectivity index (χ1) is 15.6. The van der Waals surface area contributed by atoms with Gasteiger partial charge in [-0.25, -0.2) is 10.2 Å². The van der Waals surface area contributed by atoms with E-state index in [1.165, 1.54) is 6.21 Å². The first-order valence-electron chi connectivity index (χ1n) is 10.0. The van der Waals surface area contributed by atoms with Gasteiger partial charge in [-0.2, -0.15) is 5.10 Å². The minimum Gasteiger partial charge on any atom is -0.423 e. The van der Waals surface area contributed by atoms with E-state index in [1.807, 2.05) is 66.3 Å². The molecular formula is C26H21N3O3. The standard InChI is InChI=1S/C26H21N3O3/c1-19-7-6-8-21(17-19)26(31)32-22-13-11-20(12-14-22)18-27-28-25(30)23-9-2-3-10-24(23)29-15-4-5-16-29/h2-18H,1H3,(H,28,30)/b27-18+. The van der Waals surface area contributed by atoms with E-state index in [1.54, 1.807) is 42.5 Å². The molecule has 0 atom stereocenters. The molecule has 0 aliphatic carbocycles. The molecule has 3 aromatic carbocycles. The Morgan fingerprint density at radius 1 is 0.906 bits per heavy atom. The second-order valence-electron chi connectivity index (χ2n) is 7.13. The number of amides is 1. The molecule has 6 heteroatoms. The van der Waals surface area contributed by atoms with Crippen LogP contribution in [0.25, 0.3) is 5.69 Å². The van der Waals surface area contributed by atoms with E-state index in [4.69, 9.17) is 4.74 Å². The summed E-state index contributed by atoms with van der Waals surface area (Å²) < 4.78 is 7.27. The van der Waals surface area contributed by atoms with Crippen molar-refractivity contribution in [2.75, 3.05) is 0 Å². The molecular weight excluding hydrogens is 402 g/mol. The van der Waals surface area contributed by atoms with Crippen LogP contribution < -0.4 is 10.2 Å². The van der Waals surface area contributed by atoms with Gasteiger partial charge < -0.3 is 9.30 Å². The van der Waals surface area contributed by atoms with Crippen LogP contribution in [-0.2, 0) is 0 Å². The number of carbonyl (C=O) groups excluding carboxylic acids is 2. The topological polar surface area (TPSA) is 72.7 Å². The number of nitrogens with one attached hydrogen (secondary N) is 1. The van der Waals surface area contributed by atoms with Crippen molar-refractivity contribution in [3.05, 3.63) is 120 Å². The molecule has 0 spiro atoms. The molecule has 1 amide bonds. The molecule has 4 rings (SSSR count). The molecule has 0 aliphatic heterocycles. The highest BCUT2D eigenvalue weighted by atomic mass is 16.5. The fourth-order valence-corrected chi connectivity index (χ4v) is 3.17. The van der Waals surface area contributed by atoms with Crippen LogP contribution in [0.2, 0.25) is 0 Å². The van der Waals surface area contributed by atoms with E-state index < -0.39 is 5.97 Å². The normalized spacial score (nSPS) is 10.8. The molecule has 1 heterocycles. The fourth-order valence-electron chi connectivity index (χ4n) is 3.17. The van der Waals surface area contributed by atoms with Crippen LogP contribution in [0.4, 0.5) is 0 Å². The van der Waals surface area contributed by atoms with Crippen LogP contribution in [0.3, 0.4) is 0 Å². The largest absolute Gasteiger partial charge is 0.423 e. The van der Waals surface area contributed by atoms with Crippen molar-refractivity contribution in [3.63, 3.8) is 0 Å². The summed E-state index contributed by atoms with van der Waals surface area (Å²) in [6.45, 7) is 1.92. The quantitative estimate of drug-likeness (QED) is 0.210. The second kappa shape index (κ2) is 9.57. The summed E-state index contributed by atoms with van der Waals surface area (Å²) in [5, 5.41) is 4.05. The number of esters is 1. The Morgan fingerprint density at radius 2 is 1.66 bits per heavy atom. The van der Waals surface area contributed by atoms with Crippen molar-refractivity contribution in [1.29, 1.82) is 0 Å². The summed E-state index contributed by atoms with van der Waals surface area (Å²) in [5.41, 5.74) is 6.07. The smallest absolute Gasteiger partial charge is 0.343 e. The van der Waals surface area contributed by atoms with E-state index in [9.17, 15) is 9.59 Å². The predicted molar refractivity (Wildman–Crippen MR) is 123 cm³/mol. The minimum absolute atomic E-state index is 0.311. The zero-order chi connectivity index (χ0) is 22.3. The molecule has 0 fully saturated rings.